The van der Waals surface area contributed by atoms with Gasteiger partial charge in [0.1, 0.15) is 6.04 Å². The highest BCUT2D eigenvalue weighted by Gasteiger charge is 2.13. The Morgan fingerprint density at radius 2 is 1.85 bits per heavy atom. The normalized spacial score (nSPS) is 9.54. The first-order valence-corrected chi connectivity index (χ1v) is 9.70. The van der Waals surface area contributed by atoms with Crippen LogP contribution in [0.3, 0.4) is 0 Å². The highest BCUT2D eigenvalue weighted by atomic mass is 128. The van der Waals surface area contributed by atoms with Crippen LogP contribution in [0.2, 0.25) is 0 Å². The average molecular weight is 529 g/mol. The van der Waals surface area contributed by atoms with Gasteiger partial charge in [-0.15, -0.1) is 0 Å². The third-order valence-electron chi connectivity index (χ3n) is 0.775. The highest BCUT2D eigenvalue weighted by molar-refractivity contribution is 15.0. The van der Waals surface area contributed by atoms with Gasteiger partial charge in [-0.25, -0.2) is 4.79 Å². The van der Waals surface area contributed by atoms with Crippen molar-refractivity contribution in [1.82, 2.24) is 5.32 Å². The first kappa shape index (κ1) is 19.5. The molecule has 0 aliphatic heterocycles. The van der Waals surface area contributed by atoms with Crippen LogP contribution in [-0.4, -0.2) is 23.2 Å². The SMILES string of the molecule is C.CC(NC(=O)OI)C(=O)O.II. The van der Waals surface area contributed by atoms with Crippen molar-refractivity contribution in [3.63, 3.8) is 0 Å². The summed E-state index contributed by atoms with van der Waals surface area (Å²) in [6, 6.07) is -0.915. The van der Waals surface area contributed by atoms with Gasteiger partial charge < -0.3 is 13.5 Å². The zero-order valence-corrected chi connectivity index (χ0v) is 12.4. The maximum absolute atomic E-state index is 10.3. The van der Waals surface area contributed by atoms with Crippen LogP contribution in [0.1, 0.15) is 14.4 Å². The Morgan fingerprint density at radius 3 is 2.08 bits per heavy atom. The Hall–Kier alpha value is 0.930. The number of hydrogen-bond donors (Lipinski definition) is 2. The van der Waals surface area contributed by atoms with Crippen LogP contribution in [0.15, 0.2) is 0 Å². The van der Waals surface area contributed by atoms with E-state index in [4.69, 9.17) is 5.11 Å². The topological polar surface area (TPSA) is 75.6 Å². The van der Waals surface area contributed by atoms with Gasteiger partial charge >= 0.3 is 12.1 Å². The minimum atomic E-state index is -1.10. The first-order valence-electron chi connectivity index (χ1n) is 2.54. The maximum Gasteiger partial charge on any atom is 0.417 e. The summed E-state index contributed by atoms with van der Waals surface area (Å²) >= 11 is 5.61. The Kier molecular flexibility index (Phi) is 19.4. The molecule has 0 aromatic rings. The number of carboxylic acids is 1. The molecule has 80 valence electrons. The fourth-order valence-corrected chi connectivity index (χ4v) is 0.388. The molecule has 0 rings (SSSR count). The molecule has 0 bridgehead atoms. The standard InChI is InChI=1S/C4H6INO4.CH4.I2/c1-2(3(7)8)6-4(9)10-5;;1-2/h2H,1H3,(H,6,9)(H,7,8);1H4;. The van der Waals surface area contributed by atoms with Crippen molar-refractivity contribution in [3.05, 3.63) is 0 Å². The lowest BCUT2D eigenvalue weighted by molar-refractivity contribution is -0.138. The number of amides is 1. The molecule has 0 radical (unpaired) electrons. The van der Waals surface area contributed by atoms with E-state index in [9.17, 15) is 9.59 Å². The molecular formula is C5H10I3NO4. The zero-order chi connectivity index (χ0) is 10.1. The van der Waals surface area contributed by atoms with Crippen molar-refractivity contribution >= 4 is 72.3 Å². The fraction of sp³-hybridized carbons (Fsp3) is 0.600. The van der Waals surface area contributed by atoms with Crippen LogP contribution < -0.4 is 5.32 Å². The van der Waals surface area contributed by atoms with E-state index < -0.39 is 18.1 Å². The first-order chi connectivity index (χ1) is 5.57. The molecular weight excluding hydrogens is 519 g/mol. The molecule has 13 heavy (non-hydrogen) atoms. The molecule has 0 aliphatic rings. The van der Waals surface area contributed by atoms with Crippen LogP contribution in [-0.2, 0) is 7.86 Å². The van der Waals surface area contributed by atoms with Gasteiger partial charge in [-0.3, -0.25) is 4.79 Å². The molecule has 1 atom stereocenters. The monoisotopic (exact) mass is 529 g/mol. The fourth-order valence-electron chi connectivity index (χ4n) is 0.261. The number of carbonyl (C=O) groups excluding carboxylic acids is 1. The largest absolute Gasteiger partial charge is 0.480 e. The second kappa shape index (κ2) is 12.9. The molecule has 0 saturated heterocycles. The summed E-state index contributed by atoms with van der Waals surface area (Å²) in [5.74, 6) is -1.10. The van der Waals surface area contributed by atoms with Gasteiger partial charge in [0.2, 0.25) is 0 Å². The summed E-state index contributed by atoms with van der Waals surface area (Å²) in [6.07, 6.45) is -0.754. The molecule has 5 nitrogen and oxygen atoms in total. The van der Waals surface area contributed by atoms with Crippen LogP contribution >= 0.6 is 60.2 Å². The van der Waals surface area contributed by atoms with E-state index in [1.807, 2.05) is 0 Å². The van der Waals surface area contributed by atoms with Gasteiger partial charge in [0.25, 0.3) is 0 Å². The highest BCUT2D eigenvalue weighted by Crippen LogP contribution is 1.89. The summed E-state index contributed by atoms with van der Waals surface area (Å²) in [7, 11) is 0. The smallest absolute Gasteiger partial charge is 0.417 e. The van der Waals surface area contributed by atoms with E-state index >= 15 is 0 Å². The molecule has 2 N–H and O–H groups in total. The lowest BCUT2D eigenvalue weighted by Crippen LogP contribution is -2.37. The second-order valence-corrected chi connectivity index (χ2v) is 2.01. The lowest BCUT2D eigenvalue weighted by atomic mass is 10.4. The summed E-state index contributed by atoms with van der Waals surface area (Å²) in [4.78, 5) is 20.4. The summed E-state index contributed by atoms with van der Waals surface area (Å²) < 4.78 is 4.13. The number of carbonyl (C=O) groups is 2. The third-order valence-corrected chi connectivity index (χ3v) is 1.17. The number of aliphatic carboxylic acids is 1. The lowest BCUT2D eigenvalue weighted by Gasteiger charge is -2.05. The molecule has 0 aromatic heterocycles. The van der Waals surface area contributed by atoms with E-state index in [1.165, 1.54) is 29.9 Å². The molecule has 0 fully saturated rings. The van der Waals surface area contributed by atoms with Gasteiger partial charge in [-0.2, -0.15) is 0 Å². The quantitative estimate of drug-likeness (QED) is 0.541. The second-order valence-electron chi connectivity index (χ2n) is 1.57. The Bertz CT molecular complexity index is 155. The van der Waals surface area contributed by atoms with Gasteiger partial charge in [0, 0.05) is 37.2 Å². The van der Waals surface area contributed by atoms with E-state index in [0.717, 1.165) is 0 Å². The van der Waals surface area contributed by atoms with Crippen LogP contribution in [0.25, 0.3) is 0 Å². The molecule has 0 saturated carbocycles. The van der Waals surface area contributed by atoms with E-state index in [2.05, 4.69) is 45.6 Å². The summed E-state index contributed by atoms with van der Waals surface area (Å²) in [5, 5.41) is 10.3. The van der Waals surface area contributed by atoms with Gasteiger partial charge in [0.15, 0.2) is 23.0 Å². The number of rotatable bonds is 2. The van der Waals surface area contributed by atoms with Crippen molar-refractivity contribution < 1.29 is 17.8 Å². The van der Waals surface area contributed by atoms with Crippen LogP contribution in [0.5, 0.6) is 0 Å². The van der Waals surface area contributed by atoms with Gasteiger partial charge in [0.05, 0.1) is 0 Å². The van der Waals surface area contributed by atoms with E-state index in [0.29, 0.717) is 0 Å². The molecule has 0 heterocycles. The van der Waals surface area contributed by atoms with Crippen molar-refractivity contribution in [1.29, 1.82) is 0 Å². The van der Waals surface area contributed by atoms with Gasteiger partial charge in [-0.1, -0.05) is 7.43 Å². The Labute approximate surface area is 114 Å². The Morgan fingerprint density at radius 1 is 1.46 bits per heavy atom. The van der Waals surface area contributed by atoms with Crippen molar-refractivity contribution in [2.24, 2.45) is 0 Å². The van der Waals surface area contributed by atoms with Crippen molar-refractivity contribution in [2.75, 3.05) is 0 Å². The van der Waals surface area contributed by atoms with Gasteiger partial charge in [-0.05, 0) is 6.92 Å². The molecule has 0 aliphatic carbocycles. The average Bonchev–Trinajstić information content (AvgIpc) is 2.07. The number of carboxylic acid groups (broad SMARTS) is 1. The summed E-state index contributed by atoms with van der Waals surface area (Å²) in [6.45, 7) is 1.34. The van der Waals surface area contributed by atoms with Crippen molar-refractivity contribution in [3.8, 4) is 0 Å². The minimum absolute atomic E-state index is 0. The van der Waals surface area contributed by atoms with E-state index in [1.54, 1.807) is 0 Å². The molecule has 8 heteroatoms. The van der Waals surface area contributed by atoms with Crippen LogP contribution in [0, 0.1) is 0 Å². The minimum Gasteiger partial charge on any atom is -0.480 e. The number of halogens is 3. The van der Waals surface area contributed by atoms with Crippen LogP contribution in [0.4, 0.5) is 4.79 Å². The van der Waals surface area contributed by atoms with Crippen molar-refractivity contribution in [2.45, 2.75) is 20.4 Å². The predicted octanol–water partition coefficient (Wildman–Crippen LogP) is 2.94. The molecule has 1 unspecified atom stereocenters. The number of hydrogen-bond acceptors (Lipinski definition) is 3. The molecule has 1 amide bonds. The molecule has 0 spiro atoms. The zero-order valence-electron chi connectivity index (χ0n) is 5.88. The summed E-state index contributed by atoms with van der Waals surface area (Å²) in [5.41, 5.74) is 0. The van der Waals surface area contributed by atoms with E-state index in [-0.39, 0.29) is 7.43 Å². The maximum atomic E-state index is 10.3. The Balaban J connectivity index is -0.000000309. The number of nitrogens with one attached hydrogen (secondary N) is 1. The predicted molar refractivity (Wildman–Crippen MR) is 75.5 cm³/mol. The third kappa shape index (κ3) is 12.9. The molecule has 0 aromatic carbocycles.